The normalized spacial score (nSPS) is 13.4. The molecule has 1 aromatic heterocycles. The van der Waals surface area contributed by atoms with Gasteiger partial charge >= 0.3 is 0 Å². The van der Waals surface area contributed by atoms with E-state index in [1.165, 1.54) is 11.6 Å². The number of aromatic amines is 1. The number of aliphatic imine (C=N–C) groups is 1. The van der Waals surface area contributed by atoms with Crippen molar-refractivity contribution in [3.8, 4) is 0 Å². The number of nitrogens with zero attached hydrogens (tertiary/aromatic N) is 1. The number of H-pyrrole nitrogens is 1. The Kier molecular flexibility index (Phi) is 8.01. The molecule has 0 aliphatic rings. The zero-order valence-corrected chi connectivity index (χ0v) is 17.3. The number of rotatable bonds is 6. The van der Waals surface area contributed by atoms with Crippen LogP contribution in [0.25, 0.3) is 10.9 Å². The van der Waals surface area contributed by atoms with Gasteiger partial charge in [0.1, 0.15) is 9.84 Å². The third kappa shape index (κ3) is 6.68. The molecule has 0 aliphatic carbocycles. The summed E-state index contributed by atoms with van der Waals surface area (Å²) in [7, 11) is -1.24. The molecule has 1 atom stereocenters. The predicted molar refractivity (Wildman–Crippen MR) is 111 cm³/mol. The molecule has 2 rings (SSSR count). The largest absolute Gasteiger partial charge is 0.357 e. The maximum absolute atomic E-state index is 11.2. The highest BCUT2D eigenvalue weighted by molar-refractivity contribution is 14.0. The van der Waals surface area contributed by atoms with E-state index in [1.807, 2.05) is 25.1 Å². The van der Waals surface area contributed by atoms with Crippen molar-refractivity contribution in [3.63, 3.8) is 0 Å². The maximum atomic E-state index is 11.2. The van der Waals surface area contributed by atoms with Crippen molar-refractivity contribution >= 4 is 50.7 Å². The van der Waals surface area contributed by atoms with E-state index < -0.39 is 9.84 Å². The lowest BCUT2D eigenvalue weighted by molar-refractivity contribution is 0.581. The van der Waals surface area contributed by atoms with Crippen molar-refractivity contribution in [3.05, 3.63) is 36.0 Å². The van der Waals surface area contributed by atoms with E-state index in [4.69, 9.17) is 0 Å². The first kappa shape index (κ1) is 20.8. The molecule has 24 heavy (non-hydrogen) atoms. The number of aromatic nitrogens is 1. The van der Waals surface area contributed by atoms with E-state index in [1.54, 1.807) is 7.05 Å². The molecule has 0 fully saturated rings. The van der Waals surface area contributed by atoms with Gasteiger partial charge < -0.3 is 15.6 Å². The summed E-state index contributed by atoms with van der Waals surface area (Å²) in [4.78, 5) is 7.52. The van der Waals surface area contributed by atoms with Crippen molar-refractivity contribution in [2.24, 2.45) is 4.99 Å². The second kappa shape index (κ2) is 9.26. The fraction of sp³-hybridized carbons (Fsp3) is 0.438. The monoisotopic (exact) mass is 464 g/mol. The second-order valence-corrected chi connectivity index (χ2v) is 8.03. The van der Waals surface area contributed by atoms with Crippen molar-refractivity contribution in [1.29, 1.82) is 0 Å². The van der Waals surface area contributed by atoms with E-state index in [0.717, 1.165) is 11.2 Å². The smallest absolute Gasteiger partial charge is 0.191 e. The number of fused-ring (bicyclic) bond motifs is 1. The molecule has 0 amide bonds. The average Bonchev–Trinajstić information content (AvgIpc) is 2.91. The molecule has 2 aromatic rings. The summed E-state index contributed by atoms with van der Waals surface area (Å²) in [6.45, 7) is 2.56. The van der Waals surface area contributed by atoms with Crippen LogP contribution >= 0.6 is 24.0 Å². The van der Waals surface area contributed by atoms with Crippen LogP contribution in [-0.2, 0) is 16.4 Å². The third-order valence-electron chi connectivity index (χ3n) is 3.56. The maximum Gasteiger partial charge on any atom is 0.191 e. The summed E-state index contributed by atoms with van der Waals surface area (Å²) >= 11 is 0. The highest BCUT2D eigenvalue weighted by Crippen LogP contribution is 2.14. The number of sulfone groups is 1. The van der Waals surface area contributed by atoms with E-state index in [-0.39, 0.29) is 35.8 Å². The van der Waals surface area contributed by atoms with E-state index in [2.05, 4.69) is 32.7 Å². The summed E-state index contributed by atoms with van der Waals surface area (Å²) in [6, 6.07) is 10.2. The minimum atomic E-state index is -2.94. The standard InChI is InChI=1S/C16H24N4O2S.HI/c1-12(8-9-23(3,21)22)19-16(17-2)18-11-14-10-13-6-4-5-7-15(13)20-14;/h4-7,10,12,20H,8-9,11H2,1-3H3,(H2,17,18,19);1H. The molecule has 6 nitrogen and oxygen atoms in total. The Bertz CT molecular complexity index is 753. The Morgan fingerprint density at radius 3 is 2.67 bits per heavy atom. The van der Waals surface area contributed by atoms with E-state index in [0.29, 0.717) is 18.9 Å². The van der Waals surface area contributed by atoms with Gasteiger partial charge in [0.15, 0.2) is 5.96 Å². The SMILES string of the molecule is CN=C(NCc1cc2ccccc2[nH]1)NC(C)CCS(C)(=O)=O.I. The topological polar surface area (TPSA) is 86.3 Å². The van der Waals surface area contributed by atoms with Crippen LogP contribution in [0.3, 0.4) is 0 Å². The second-order valence-electron chi connectivity index (χ2n) is 5.77. The summed E-state index contributed by atoms with van der Waals surface area (Å²) in [6.07, 6.45) is 1.80. The van der Waals surface area contributed by atoms with Gasteiger partial charge in [0, 0.05) is 30.6 Å². The van der Waals surface area contributed by atoms with E-state index in [9.17, 15) is 8.42 Å². The number of hydrogen-bond acceptors (Lipinski definition) is 3. The van der Waals surface area contributed by atoms with Crippen LogP contribution in [0.1, 0.15) is 19.0 Å². The van der Waals surface area contributed by atoms with Gasteiger partial charge in [-0.1, -0.05) is 18.2 Å². The van der Waals surface area contributed by atoms with Gasteiger partial charge in [-0.15, -0.1) is 24.0 Å². The molecule has 0 radical (unpaired) electrons. The molecule has 0 saturated heterocycles. The Hall–Kier alpha value is -1.29. The highest BCUT2D eigenvalue weighted by Gasteiger charge is 2.09. The average molecular weight is 464 g/mol. The summed E-state index contributed by atoms with van der Waals surface area (Å²) in [5, 5.41) is 7.61. The van der Waals surface area contributed by atoms with Crippen molar-refractivity contribution in [2.75, 3.05) is 19.1 Å². The molecule has 1 aromatic carbocycles. The molecule has 1 unspecified atom stereocenters. The number of guanidine groups is 1. The zero-order valence-electron chi connectivity index (χ0n) is 14.2. The molecule has 0 bridgehead atoms. The lowest BCUT2D eigenvalue weighted by Gasteiger charge is -2.17. The molecule has 0 aliphatic heterocycles. The van der Waals surface area contributed by atoms with Gasteiger partial charge in [0.05, 0.1) is 12.3 Å². The van der Waals surface area contributed by atoms with Crippen LogP contribution < -0.4 is 10.6 Å². The first-order chi connectivity index (χ1) is 10.9. The van der Waals surface area contributed by atoms with Gasteiger partial charge in [0.25, 0.3) is 0 Å². The van der Waals surface area contributed by atoms with Crippen molar-refractivity contribution in [1.82, 2.24) is 15.6 Å². The number of hydrogen-bond donors (Lipinski definition) is 3. The highest BCUT2D eigenvalue weighted by atomic mass is 127. The zero-order chi connectivity index (χ0) is 16.9. The Balaban J connectivity index is 0.00000288. The molecule has 1 heterocycles. The van der Waals surface area contributed by atoms with Gasteiger partial charge in [-0.25, -0.2) is 8.42 Å². The molecular formula is C16H25IN4O2S. The lowest BCUT2D eigenvalue weighted by Crippen LogP contribution is -2.42. The van der Waals surface area contributed by atoms with Crippen molar-refractivity contribution in [2.45, 2.75) is 25.9 Å². The third-order valence-corrected chi connectivity index (χ3v) is 4.54. The van der Waals surface area contributed by atoms with Crippen molar-refractivity contribution < 1.29 is 8.42 Å². The minimum Gasteiger partial charge on any atom is -0.357 e. The van der Waals surface area contributed by atoms with Crippen LogP contribution in [-0.4, -0.2) is 44.5 Å². The molecule has 8 heteroatoms. The Morgan fingerprint density at radius 1 is 1.33 bits per heavy atom. The predicted octanol–water partition coefficient (Wildman–Crippen LogP) is 2.27. The molecule has 0 saturated carbocycles. The van der Waals surface area contributed by atoms with Crippen LogP contribution in [0, 0.1) is 0 Å². The molecule has 134 valence electrons. The fourth-order valence-corrected chi connectivity index (χ4v) is 3.08. The Morgan fingerprint density at radius 2 is 2.04 bits per heavy atom. The summed E-state index contributed by atoms with van der Waals surface area (Å²) in [5.74, 6) is 0.824. The van der Waals surface area contributed by atoms with Gasteiger partial charge in [-0.05, 0) is 30.9 Å². The quantitative estimate of drug-likeness (QED) is 0.348. The first-order valence-electron chi connectivity index (χ1n) is 7.59. The van der Waals surface area contributed by atoms with Crippen LogP contribution in [0.5, 0.6) is 0 Å². The summed E-state index contributed by atoms with van der Waals surface area (Å²) in [5.41, 5.74) is 2.17. The Labute approximate surface area is 160 Å². The van der Waals surface area contributed by atoms with Crippen LogP contribution in [0.2, 0.25) is 0 Å². The van der Waals surface area contributed by atoms with Gasteiger partial charge in [-0.3, -0.25) is 4.99 Å². The molecular weight excluding hydrogens is 439 g/mol. The van der Waals surface area contributed by atoms with Crippen LogP contribution in [0.4, 0.5) is 0 Å². The van der Waals surface area contributed by atoms with Gasteiger partial charge in [0.2, 0.25) is 0 Å². The lowest BCUT2D eigenvalue weighted by atomic mass is 10.2. The number of nitrogens with one attached hydrogen (secondary N) is 3. The number of halogens is 1. The molecule has 0 spiro atoms. The minimum absolute atomic E-state index is 0. The van der Waals surface area contributed by atoms with E-state index >= 15 is 0 Å². The first-order valence-corrected chi connectivity index (χ1v) is 9.65. The van der Waals surface area contributed by atoms with Gasteiger partial charge in [-0.2, -0.15) is 0 Å². The summed E-state index contributed by atoms with van der Waals surface area (Å²) < 4.78 is 22.4. The number of benzene rings is 1. The van der Waals surface area contributed by atoms with Crippen LogP contribution in [0.15, 0.2) is 35.3 Å². The molecule has 3 N–H and O–H groups in total. The fourth-order valence-electron chi connectivity index (χ4n) is 2.30. The number of para-hydroxylation sites is 1.